The second-order valence-corrected chi connectivity index (χ2v) is 10.4. The van der Waals surface area contributed by atoms with Crippen LogP contribution in [0.25, 0.3) is 5.76 Å². The van der Waals surface area contributed by atoms with Crippen LogP contribution in [0.4, 0.5) is 5.69 Å². The van der Waals surface area contributed by atoms with Gasteiger partial charge in [-0.1, -0.05) is 50.6 Å². The van der Waals surface area contributed by atoms with E-state index in [1.54, 1.807) is 24.3 Å². The van der Waals surface area contributed by atoms with E-state index in [0.717, 1.165) is 16.7 Å². The van der Waals surface area contributed by atoms with E-state index in [2.05, 4.69) is 0 Å². The molecular formula is C31H33NO5. The molecule has 2 N–H and O–H groups in total. The summed E-state index contributed by atoms with van der Waals surface area (Å²) in [6, 6.07) is 16.4. The van der Waals surface area contributed by atoms with Crippen molar-refractivity contribution >= 4 is 23.1 Å². The van der Waals surface area contributed by atoms with Crippen molar-refractivity contribution < 1.29 is 24.5 Å². The maximum Gasteiger partial charge on any atom is 0.300 e. The number of carbonyl (C=O) groups excluding carboxylic acids is 2. The highest BCUT2D eigenvalue weighted by Crippen LogP contribution is 2.44. The number of anilines is 1. The van der Waals surface area contributed by atoms with Gasteiger partial charge in [0.25, 0.3) is 11.7 Å². The Bertz CT molecular complexity index is 1400. The molecule has 3 aromatic rings. The summed E-state index contributed by atoms with van der Waals surface area (Å²) in [4.78, 5) is 28.4. The third-order valence-electron chi connectivity index (χ3n) is 6.63. The zero-order valence-electron chi connectivity index (χ0n) is 22.1. The molecule has 6 nitrogen and oxygen atoms in total. The van der Waals surface area contributed by atoms with Gasteiger partial charge in [-0.2, -0.15) is 0 Å². The van der Waals surface area contributed by atoms with Crippen LogP contribution in [0.15, 0.2) is 66.2 Å². The molecule has 37 heavy (non-hydrogen) atoms. The molecule has 0 aromatic heterocycles. The smallest absolute Gasteiger partial charge is 0.300 e. The van der Waals surface area contributed by atoms with E-state index < -0.39 is 17.7 Å². The van der Waals surface area contributed by atoms with Crippen LogP contribution >= 0.6 is 0 Å². The number of ether oxygens (including phenoxy) is 1. The largest absolute Gasteiger partial charge is 0.508 e. The topological polar surface area (TPSA) is 87.1 Å². The lowest BCUT2D eigenvalue weighted by molar-refractivity contribution is -0.132. The molecule has 1 unspecified atom stereocenters. The van der Waals surface area contributed by atoms with Gasteiger partial charge in [0.1, 0.15) is 17.3 Å². The van der Waals surface area contributed by atoms with Crippen molar-refractivity contribution in [1.29, 1.82) is 0 Å². The lowest BCUT2D eigenvalue weighted by Gasteiger charge is -2.27. The molecule has 1 heterocycles. The minimum Gasteiger partial charge on any atom is -0.508 e. The second kappa shape index (κ2) is 9.77. The van der Waals surface area contributed by atoms with Gasteiger partial charge in [0, 0.05) is 16.8 Å². The number of carbonyl (C=O) groups is 2. The summed E-state index contributed by atoms with van der Waals surface area (Å²) < 4.78 is 5.81. The van der Waals surface area contributed by atoms with Crippen LogP contribution in [-0.2, 0) is 15.0 Å². The van der Waals surface area contributed by atoms with Gasteiger partial charge in [-0.3, -0.25) is 14.5 Å². The van der Waals surface area contributed by atoms with Gasteiger partial charge in [0.15, 0.2) is 0 Å². The van der Waals surface area contributed by atoms with Gasteiger partial charge in [0.2, 0.25) is 0 Å². The Hall–Kier alpha value is -4.06. The highest BCUT2D eigenvalue weighted by atomic mass is 16.5. The van der Waals surface area contributed by atoms with Gasteiger partial charge in [-0.15, -0.1) is 0 Å². The Morgan fingerprint density at radius 3 is 2.24 bits per heavy atom. The maximum absolute atomic E-state index is 13.5. The highest BCUT2D eigenvalue weighted by Gasteiger charge is 2.47. The third kappa shape index (κ3) is 4.84. The summed E-state index contributed by atoms with van der Waals surface area (Å²) in [5, 5.41) is 21.4. The number of aliphatic hydroxyl groups is 1. The summed E-state index contributed by atoms with van der Waals surface area (Å²) >= 11 is 0. The summed E-state index contributed by atoms with van der Waals surface area (Å²) in [5.41, 5.74) is 4.07. The van der Waals surface area contributed by atoms with E-state index in [0.29, 0.717) is 29.2 Å². The number of rotatable bonds is 5. The quantitative estimate of drug-likeness (QED) is 0.243. The van der Waals surface area contributed by atoms with Crippen LogP contribution in [-0.4, -0.2) is 28.5 Å². The monoisotopic (exact) mass is 499 g/mol. The average Bonchev–Trinajstić information content (AvgIpc) is 3.09. The Morgan fingerprint density at radius 2 is 1.65 bits per heavy atom. The molecule has 0 saturated carbocycles. The summed E-state index contributed by atoms with van der Waals surface area (Å²) in [7, 11) is 0. The fourth-order valence-corrected chi connectivity index (χ4v) is 4.83. The van der Waals surface area contributed by atoms with Crippen molar-refractivity contribution in [3.05, 3.63) is 94.1 Å². The number of hydrogen-bond acceptors (Lipinski definition) is 5. The first-order valence-electron chi connectivity index (χ1n) is 12.4. The van der Waals surface area contributed by atoms with Gasteiger partial charge in [0.05, 0.1) is 18.2 Å². The van der Waals surface area contributed by atoms with E-state index in [1.807, 2.05) is 65.8 Å². The number of aliphatic hydroxyl groups excluding tert-OH is 1. The Balaban J connectivity index is 1.96. The summed E-state index contributed by atoms with van der Waals surface area (Å²) in [6.45, 7) is 12.4. The van der Waals surface area contributed by atoms with Crippen LogP contribution in [0.5, 0.6) is 11.5 Å². The van der Waals surface area contributed by atoms with E-state index in [4.69, 9.17) is 4.74 Å². The van der Waals surface area contributed by atoms with Crippen LogP contribution in [0, 0.1) is 13.8 Å². The lowest BCUT2D eigenvalue weighted by atomic mass is 9.84. The van der Waals surface area contributed by atoms with Crippen LogP contribution in [0.3, 0.4) is 0 Å². The van der Waals surface area contributed by atoms with E-state index >= 15 is 0 Å². The number of phenols is 1. The Labute approximate surface area is 217 Å². The molecule has 0 aliphatic carbocycles. The van der Waals surface area contributed by atoms with Crippen molar-refractivity contribution in [2.75, 3.05) is 11.5 Å². The molecule has 1 amide bonds. The van der Waals surface area contributed by atoms with Crippen molar-refractivity contribution in [1.82, 2.24) is 0 Å². The number of hydrogen-bond donors (Lipinski definition) is 2. The number of phenolic OH excluding ortho intramolecular Hbond substituents is 1. The van der Waals surface area contributed by atoms with Crippen molar-refractivity contribution in [2.45, 2.75) is 53.0 Å². The molecule has 0 spiro atoms. The zero-order valence-corrected chi connectivity index (χ0v) is 22.1. The molecule has 4 rings (SSSR count). The van der Waals surface area contributed by atoms with Crippen LogP contribution < -0.4 is 9.64 Å². The number of ketones is 1. The van der Waals surface area contributed by atoms with Crippen molar-refractivity contribution in [3.8, 4) is 11.5 Å². The highest BCUT2D eigenvalue weighted by molar-refractivity contribution is 6.51. The number of aromatic hydroxyl groups is 1. The Morgan fingerprint density at radius 1 is 0.973 bits per heavy atom. The molecule has 0 radical (unpaired) electrons. The fourth-order valence-electron chi connectivity index (χ4n) is 4.83. The molecule has 192 valence electrons. The molecule has 1 aliphatic rings. The summed E-state index contributed by atoms with van der Waals surface area (Å²) in [6.07, 6.45) is 0. The minimum atomic E-state index is -0.869. The Kier molecular flexibility index (Phi) is 6.87. The number of Topliss-reactive ketones (excluding diaryl/α,β-unsaturated/α-hetero) is 1. The van der Waals surface area contributed by atoms with Crippen molar-refractivity contribution in [3.63, 3.8) is 0 Å². The van der Waals surface area contributed by atoms with Gasteiger partial charge in [-0.05, 0) is 73.7 Å². The van der Waals surface area contributed by atoms with Gasteiger partial charge >= 0.3 is 0 Å². The molecule has 1 fully saturated rings. The number of benzene rings is 3. The number of amides is 1. The fraction of sp³-hybridized carbons (Fsp3) is 0.290. The molecule has 0 bridgehead atoms. The first kappa shape index (κ1) is 26.0. The predicted molar refractivity (Wildman–Crippen MR) is 145 cm³/mol. The molecule has 6 heteroatoms. The molecule has 1 aliphatic heterocycles. The maximum atomic E-state index is 13.5. The molecular weight excluding hydrogens is 466 g/mol. The average molecular weight is 500 g/mol. The zero-order chi connectivity index (χ0) is 27.1. The van der Waals surface area contributed by atoms with Gasteiger partial charge < -0.3 is 14.9 Å². The first-order valence-corrected chi connectivity index (χ1v) is 12.4. The SMILES string of the molecule is CCOc1ccc(/C(O)=C2/C(=O)C(=O)N(c3ccc(C)cc3C)C2c2ccc(O)cc2)cc1C(C)(C)C. The predicted octanol–water partition coefficient (Wildman–Crippen LogP) is 6.33. The second-order valence-electron chi connectivity index (χ2n) is 10.4. The third-order valence-corrected chi connectivity index (χ3v) is 6.63. The van der Waals surface area contributed by atoms with Gasteiger partial charge in [-0.25, -0.2) is 0 Å². The van der Waals surface area contributed by atoms with E-state index in [-0.39, 0.29) is 22.5 Å². The molecule has 1 atom stereocenters. The lowest BCUT2D eigenvalue weighted by Crippen LogP contribution is -2.30. The van der Waals surface area contributed by atoms with Crippen molar-refractivity contribution in [2.24, 2.45) is 0 Å². The van der Waals surface area contributed by atoms with E-state index in [9.17, 15) is 19.8 Å². The first-order chi connectivity index (χ1) is 17.4. The van der Waals surface area contributed by atoms with Crippen LogP contribution in [0.2, 0.25) is 0 Å². The summed E-state index contributed by atoms with van der Waals surface area (Å²) in [5.74, 6) is -0.960. The van der Waals surface area contributed by atoms with Crippen LogP contribution in [0.1, 0.15) is 61.6 Å². The molecule has 3 aromatic carbocycles. The minimum absolute atomic E-state index is 0.000293. The number of aryl methyl sites for hydroxylation is 2. The standard InChI is InChI=1S/C31H33NO5/c1-7-37-25-15-11-21(17-23(25)31(4,5)6)28(34)26-27(20-9-12-22(33)13-10-20)32(30(36)29(26)35)24-14-8-18(2)16-19(24)3/h8-17,27,33-34H,7H2,1-6H3/b28-26-. The normalized spacial score (nSPS) is 17.4. The number of nitrogens with zero attached hydrogens (tertiary/aromatic N) is 1. The van der Waals surface area contributed by atoms with E-state index in [1.165, 1.54) is 17.0 Å². The molecule has 1 saturated heterocycles.